The van der Waals surface area contributed by atoms with Gasteiger partial charge in [-0.15, -0.1) is 11.3 Å². The van der Waals surface area contributed by atoms with Crippen LogP contribution in [0.15, 0.2) is 0 Å². The minimum atomic E-state index is -0.570. The molecule has 1 fully saturated rings. The molecule has 0 aliphatic carbocycles. The number of aromatic nitrogens is 1. The van der Waals surface area contributed by atoms with E-state index in [-0.39, 0.29) is 0 Å². The molecule has 1 aliphatic heterocycles. The van der Waals surface area contributed by atoms with Crippen molar-refractivity contribution in [1.82, 2.24) is 10.3 Å². The van der Waals surface area contributed by atoms with Crippen LogP contribution in [-0.2, 0) is 10.8 Å². The molecule has 1 aromatic heterocycles. The predicted molar refractivity (Wildman–Crippen MR) is 74.0 cm³/mol. The van der Waals surface area contributed by atoms with Gasteiger partial charge >= 0.3 is 0 Å². The van der Waals surface area contributed by atoms with Gasteiger partial charge in [0.15, 0.2) is 0 Å². The Hall–Kier alpha value is -0.260. The van der Waals surface area contributed by atoms with Gasteiger partial charge < -0.3 is 5.32 Å². The number of nitrogens with zero attached hydrogens (tertiary/aromatic N) is 1. The van der Waals surface area contributed by atoms with E-state index in [0.29, 0.717) is 12.1 Å². The maximum atomic E-state index is 11.3. The molecule has 0 aromatic carbocycles. The number of rotatable bonds is 3. The van der Waals surface area contributed by atoms with Gasteiger partial charge in [0.2, 0.25) is 0 Å². The van der Waals surface area contributed by atoms with Gasteiger partial charge in [-0.2, -0.15) is 0 Å². The molecular weight excluding hydrogens is 252 g/mol. The van der Waals surface area contributed by atoms with Crippen LogP contribution >= 0.6 is 11.3 Å². The molecule has 1 aromatic rings. The van der Waals surface area contributed by atoms with Crippen molar-refractivity contribution in [2.45, 2.75) is 45.7 Å². The molecule has 96 valence electrons. The summed E-state index contributed by atoms with van der Waals surface area (Å²) in [6, 6.07) is 0.877. The van der Waals surface area contributed by atoms with E-state index in [1.54, 1.807) is 11.3 Å². The summed E-state index contributed by atoms with van der Waals surface area (Å²) >= 11 is 1.78. The molecule has 0 amide bonds. The molecule has 0 saturated carbocycles. The summed E-state index contributed by atoms with van der Waals surface area (Å²) in [6.07, 6.45) is 2.07. The van der Waals surface area contributed by atoms with E-state index in [2.05, 4.69) is 31.1 Å². The SMILES string of the molecule is Cc1nc(C)c(C(C)NC2CCS(=O)CC2)s1. The first-order valence-corrected chi connectivity index (χ1v) is 8.41. The quantitative estimate of drug-likeness (QED) is 0.918. The van der Waals surface area contributed by atoms with E-state index < -0.39 is 10.8 Å². The smallest absolute Gasteiger partial charge is 0.0900 e. The summed E-state index contributed by atoms with van der Waals surface area (Å²) in [5, 5.41) is 4.78. The molecule has 1 N–H and O–H groups in total. The second-order valence-electron chi connectivity index (χ2n) is 4.69. The molecular formula is C12H20N2OS2. The standard InChI is InChI=1S/C12H20N2OS2/c1-8-12(16-10(3)13-8)9(2)14-11-4-6-17(15)7-5-11/h9,11,14H,4-7H2,1-3H3. The van der Waals surface area contributed by atoms with E-state index in [0.717, 1.165) is 35.0 Å². The lowest BCUT2D eigenvalue weighted by molar-refractivity contribution is 0.429. The van der Waals surface area contributed by atoms with Crippen LogP contribution in [0.4, 0.5) is 0 Å². The fraction of sp³-hybridized carbons (Fsp3) is 0.750. The van der Waals surface area contributed by atoms with Gasteiger partial charge in [0.05, 0.1) is 10.7 Å². The molecule has 1 saturated heterocycles. The Morgan fingerprint density at radius 2 is 2.06 bits per heavy atom. The van der Waals surface area contributed by atoms with Crippen molar-refractivity contribution < 1.29 is 4.21 Å². The fourth-order valence-corrected chi connectivity index (χ4v) is 4.58. The van der Waals surface area contributed by atoms with Crippen LogP contribution in [0.3, 0.4) is 0 Å². The van der Waals surface area contributed by atoms with Crippen molar-refractivity contribution in [3.63, 3.8) is 0 Å². The lowest BCUT2D eigenvalue weighted by atomic mass is 10.1. The van der Waals surface area contributed by atoms with Crippen LogP contribution in [-0.4, -0.2) is 26.7 Å². The number of hydrogen-bond donors (Lipinski definition) is 1. The van der Waals surface area contributed by atoms with E-state index in [9.17, 15) is 4.21 Å². The van der Waals surface area contributed by atoms with Crippen molar-refractivity contribution in [1.29, 1.82) is 0 Å². The number of nitrogens with one attached hydrogen (secondary N) is 1. The highest BCUT2D eigenvalue weighted by Crippen LogP contribution is 2.25. The van der Waals surface area contributed by atoms with Crippen LogP contribution in [0, 0.1) is 13.8 Å². The Morgan fingerprint density at radius 3 is 2.59 bits per heavy atom. The predicted octanol–water partition coefficient (Wildman–Crippen LogP) is 2.32. The zero-order chi connectivity index (χ0) is 12.4. The number of aryl methyl sites for hydroxylation is 2. The Bertz CT molecular complexity index is 407. The second kappa shape index (κ2) is 5.59. The molecule has 3 nitrogen and oxygen atoms in total. The molecule has 5 heteroatoms. The van der Waals surface area contributed by atoms with Crippen LogP contribution in [0.25, 0.3) is 0 Å². The summed E-state index contributed by atoms with van der Waals surface area (Å²) in [4.78, 5) is 5.81. The Kier molecular flexibility index (Phi) is 4.33. The van der Waals surface area contributed by atoms with Gasteiger partial charge in [-0.1, -0.05) is 0 Å². The molecule has 2 heterocycles. The average molecular weight is 272 g/mol. The molecule has 0 spiro atoms. The maximum absolute atomic E-state index is 11.3. The van der Waals surface area contributed by atoms with Gasteiger partial charge in [-0.05, 0) is 33.6 Å². The third kappa shape index (κ3) is 3.36. The molecule has 1 atom stereocenters. The Balaban J connectivity index is 1.95. The van der Waals surface area contributed by atoms with Crippen LogP contribution < -0.4 is 5.32 Å². The molecule has 0 radical (unpaired) electrons. The van der Waals surface area contributed by atoms with E-state index in [1.165, 1.54) is 4.88 Å². The van der Waals surface area contributed by atoms with Crippen molar-refractivity contribution in [2.75, 3.05) is 11.5 Å². The summed E-state index contributed by atoms with van der Waals surface area (Å²) in [5.74, 6) is 1.70. The highest BCUT2D eigenvalue weighted by Gasteiger charge is 2.21. The first kappa shape index (κ1) is 13.2. The van der Waals surface area contributed by atoms with Gasteiger partial charge in [-0.3, -0.25) is 4.21 Å². The molecule has 1 aliphatic rings. The molecule has 0 bridgehead atoms. The van der Waals surface area contributed by atoms with Crippen molar-refractivity contribution in [3.8, 4) is 0 Å². The number of thiazole rings is 1. The monoisotopic (exact) mass is 272 g/mol. The zero-order valence-corrected chi connectivity index (χ0v) is 12.3. The van der Waals surface area contributed by atoms with Crippen LogP contribution in [0.5, 0.6) is 0 Å². The highest BCUT2D eigenvalue weighted by atomic mass is 32.2. The normalized spacial score (nSPS) is 27.0. The second-order valence-corrected chi connectivity index (χ2v) is 7.62. The summed E-state index contributed by atoms with van der Waals surface area (Å²) in [7, 11) is -0.570. The Labute approximate surface area is 109 Å². The van der Waals surface area contributed by atoms with Gasteiger partial charge in [-0.25, -0.2) is 4.98 Å². The molecule has 2 rings (SSSR count). The minimum Gasteiger partial charge on any atom is -0.307 e. The topological polar surface area (TPSA) is 42.0 Å². The van der Waals surface area contributed by atoms with Gasteiger partial charge in [0.1, 0.15) is 0 Å². The molecule has 1 unspecified atom stereocenters. The average Bonchev–Trinajstić information content (AvgIpc) is 2.61. The van der Waals surface area contributed by atoms with Crippen LogP contribution in [0.2, 0.25) is 0 Å². The minimum absolute atomic E-state index is 0.359. The first-order valence-electron chi connectivity index (χ1n) is 6.11. The van der Waals surface area contributed by atoms with Gasteiger partial charge in [0.25, 0.3) is 0 Å². The van der Waals surface area contributed by atoms with Crippen molar-refractivity contribution in [2.24, 2.45) is 0 Å². The van der Waals surface area contributed by atoms with Crippen molar-refractivity contribution >= 4 is 22.1 Å². The van der Waals surface area contributed by atoms with Crippen LogP contribution in [0.1, 0.15) is 41.4 Å². The van der Waals surface area contributed by atoms with E-state index >= 15 is 0 Å². The zero-order valence-electron chi connectivity index (χ0n) is 10.7. The maximum Gasteiger partial charge on any atom is 0.0900 e. The van der Waals surface area contributed by atoms with Crippen molar-refractivity contribution in [3.05, 3.63) is 15.6 Å². The third-order valence-electron chi connectivity index (χ3n) is 3.21. The largest absolute Gasteiger partial charge is 0.307 e. The Morgan fingerprint density at radius 1 is 1.41 bits per heavy atom. The summed E-state index contributed by atoms with van der Waals surface area (Å²) < 4.78 is 11.3. The number of hydrogen-bond acceptors (Lipinski definition) is 4. The first-order chi connectivity index (χ1) is 8.06. The van der Waals surface area contributed by atoms with E-state index in [1.807, 2.05) is 0 Å². The molecule has 17 heavy (non-hydrogen) atoms. The summed E-state index contributed by atoms with van der Waals surface area (Å²) in [5.41, 5.74) is 1.15. The summed E-state index contributed by atoms with van der Waals surface area (Å²) in [6.45, 7) is 6.33. The lowest BCUT2D eigenvalue weighted by Crippen LogP contribution is -2.37. The lowest BCUT2D eigenvalue weighted by Gasteiger charge is -2.26. The fourth-order valence-electron chi connectivity index (χ4n) is 2.34. The third-order valence-corrected chi connectivity index (χ3v) is 5.84. The highest BCUT2D eigenvalue weighted by molar-refractivity contribution is 7.85. The van der Waals surface area contributed by atoms with Gasteiger partial charge in [0, 0.05) is 39.3 Å². The van der Waals surface area contributed by atoms with E-state index in [4.69, 9.17) is 0 Å².